The van der Waals surface area contributed by atoms with Crippen LogP contribution in [0.3, 0.4) is 0 Å². The Morgan fingerprint density at radius 2 is 1.73 bits per heavy atom. The van der Waals surface area contributed by atoms with Crippen LogP contribution in [0, 0.1) is 0 Å². The van der Waals surface area contributed by atoms with Crippen LogP contribution < -0.4 is 10.1 Å². The molecule has 2 heterocycles. The van der Waals surface area contributed by atoms with Crippen molar-refractivity contribution in [2.75, 3.05) is 19.0 Å². The smallest absolute Gasteiger partial charge is 0.270 e. The van der Waals surface area contributed by atoms with E-state index in [-0.39, 0.29) is 40.2 Å². The van der Waals surface area contributed by atoms with Gasteiger partial charge >= 0.3 is 0 Å². The minimum atomic E-state index is -4.28. The molecule has 1 aliphatic heterocycles. The lowest BCUT2D eigenvalue weighted by molar-refractivity contribution is -0.123. The third-order valence-electron chi connectivity index (χ3n) is 6.02. The van der Waals surface area contributed by atoms with E-state index in [1.54, 1.807) is 0 Å². The molecule has 3 aromatic carbocycles. The van der Waals surface area contributed by atoms with Crippen molar-refractivity contribution in [1.82, 2.24) is 14.5 Å². The standard InChI is InChI=1S/C26H22N4O5S2/c1-35-21-13-12-19(24(32)27-26-29-28-25(36-26)18-10-6-3-7-11-18)14-22(21)37(33,34)30-16-20(15-23(30)31)17-8-4-2-5-9-17/h2-14,20H,15-16H2,1H3,(H,27,29,32)/t20-/m0/s1. The predicted molar refractivity (Wildman–Crippen MR) is 139 cm³/mol. The van der Waals surface area contributed by atoms with Gasteiger partial charge in [0.25, 0.3) is 15.9 Å². The summed E-state index contributed by atoms with van der Waals surface area (Å²) < 4.78 is 33.3. The molecule has 37 heavy (non-hydrogen) atoms. The van der Waals surface area contributed by atoms with Gasteiger partial charge in [-0.05, 0) is 23.8 Å². The summed E-state index contributed by atoms with van der Waals surface area (Å²) in [4.78, 5) is 25.5. The highest BCUT2D eigenvalue weighted by atomic mass is 32.2. The van der Waals surface area contributed by atoms with E-state index >= 15 is 0 Å². The molecule has 1 aromatic heterocycles. The molecule has 1 saturated heterocycles. The van der Waals surface area contributed by atoms with Gasteiger partial charge in [0.1, 0.15) is 15.7 Å². The zero-order valence-corrected chi connectivity index (χ0v) is 21.3. The summed E-state index contributed by atoms with van der Waals surface area (Å²) in [5, 5.41) is 11.7. The van der Waals surface area contributed by atoms with Gasteiger partial charge in [-0.1, -0.05) is 72.0 Å². The third kappa shape index (κ3) is 4.95. The summed E-state index contributed by atoms with van der Waals surface area (Å²) in [5.41, 5.74) is 1.82. The van der Waals surface area contributed by atoms with Crippen molar-refractivity contribution < 1.29 is 22.7 Å². The molecule has 0 bridgehead atoms. The van der Waals surface area contributed by atoms with Crippen LogP contribution in [0.1, 0.15) is 28.3 Å². The summed E-state index contributed by atoms with van der Waals surface area (Å²) in [6.07, 6.45) is 0.0759. The van der Waals surface area contributed by atoms with Gasteiger partial charge in [-0.2, -0.15) is 0 Å². The molecular formula is C26H22N4O5S2. The number of amides is 2. The average Bonchev–Trinajstić information content (AvgIpc) is 3.56. The third-order valence-corrected chi connectivity index (χ3v) is 8.71. The molecule has 4 aromatic rings. The molecule has 1 fully saturated rings. The van der Waals surface area contributed by atoms with Gasteiger partial charge in [-0.25, -0.2) is 12.7 Å². The van der Waals surface area contributed by atoms with Crippen LogP contribution in [0.5, 0.6) is 5.75 Å². The fraction of sp³-hybridized carbons (Fsp3) is 0.154. The Morgan fingerprint density at radius 3 is 2.43 bits per heavy atom. The number of carbonyl (C=O) groups excluding carboxylic acids is 2. The Bertz CT molecular complexity index is 1560. The lowest BCUT2D eigenvalue weighted by atomic mass is 9.99. The van der Waals surface area contributed by atoms with Crippen molar-refractivity contribution in [2.24, 2.45) is 0 Å². The number of ether oxygens (including phenoxy) is 1. The van der Waals surface area contributed by atoms with E-state index in [1.807, 2.05) is 60.7 Å². The van der Waals surface area contributed by atoms with Crippen LogP contribution in [-0.2, 0) is 14.8 Å². The summed E-state index contributed by atoms with van der Waals surface area (Å²) in [6, 6.07) is 22.8. The van der Waals surface area contributed by atoms with Crippen molar-refractivity contribution in [3.8, 4) is 16.3 Å². The Labute approximate surface area is 217 Å². The minimum absolute atomic E-state index is 0.0117. The number of methoxy groups -OCH3 is 1. The molecule has 1 aliphatic rings. The maximum Gasteiger partial charge on any atom is 0.270 e. The van der Waals surface area contributed by atoms with Crippen molar-refractivity contribution in [1.29, 1.82) is 0 Å². The Hall–Kier alpha value is -4.09. The normalized spacial score (nSPS) is 15.5. The summed E-state index contributed by atoms with van der Waals surface area (Å²) >= 11 is 1.20. The first-order chi connectivity index (χ1) is 17.9. The average molecular weight is 535 g/mol. The molecule has 0 spiro atoms. The summed E-state index contributed by atoms with van der Waals surface area (Å²) in [7, 11) is -2.95. The molecule has 9 nitrogen and oxygen atoms in total. The number of rotatable bonds is 7. The molecule has 2 amide bonds. The topological polar surface area (TPSA) is 119 Å². The van der Waals surface area contributed by atoms with Gasteiger partial charge in [0.15, 0.2) is 0 Å². The Balaban J connectivity index is 1.39. The van der Waals surface area contributed by atoms with E-state index in [1.165, 1.54) is 36.6 Å². The van der Waals surface area contributed by atoms with Crippen molar-refractivity contribution in [3.63, 3.8) is 0 Å². The largest absolute Gasteiger partial charge is 0.495 e. The van der Waals surface area contributed by atoms with E-state index in [0.717, 1.165) is 15.4 Å². The number of benzene rings is 3. The van der Waals surface area contributed by atoms with Gasteiger partial charge in [0, 0.05) is 30.0 Å². The molecule has 0 aliphatic carbocycles. The van der Waals surface area contributed by atoms with E-state index in [4.69, 9.17) is 4.74 Å². The number of nitrogens with one attached hydrogen (secondary N) is 1. The highest BCUT2D eigenvalue weighted by Gasteiger charge is 2.40. The Kier molecular flexibility index (Phi) is 6.72. The first kappa shape index (κ1) is 24.6. The van der Waals surface area contributed by atoms with Crippen LogP contribution in [0.2, 0.25) is 0 Å². The van der Waals surface area contributed by atoms with Crippen molar-refractivity contribution >= 4 is 38.3 Å². The van der Waals surface area contributed by atoms with Crippen LogP contribution in [0.4, 0.5) is 5.13 Å². The number of carbonyl (C=O) groups is 2. The first-order valence-corrected chi connectivity index (χ1v) is 13.6. The maximum atomic E-state index is 13.6. The SMILES string of the molecule is COc1ccc(C(=O)Nc2nnc(-c3ccccc3)s2)cc1S(=O)(=O)N1C[C@@H](c2ccccc2)CC1=O. The molecule has 1 N–H and O–H groups in total. The maximum absolute atomic E-state index is 13.6. The monoisotopic (exact) mass is 534 g/mol. The van der Waals surface area contributed by atoms with Gasteiger partial charge in [0.05, 0.1) is 7.11 Å². The molecule has 5 rings (SSSR count). The second-order valence-electron chi connectivity index (χ2n) is 8.34. The van der Waals surface area contributed by atoms with Gasteiger partial charge in [0.2, 0.25) is 11.0 Å². The van der Waals surface area contributed by atoms with Gasteiger partial charge in [-0.15, -0.1) is 10.2 Å². The first-order valence-electron chi connectivity index (χ1n) is 11.4. The fourth-order valence-electron chi connectivity index (χ4n) is 4.14. The number of hydrogen-bond donors (Lipinski definition) is 1. The van der Waals surface area contributed by atoms with E-state index in [9.17, 15) is 18.0 Å². The summed E-state index contributed by atoms with van der Waals surface area (Å²) in [5.74, 6) is -1.29. The van der Waals surface area contributed by atoms with E-state index < -0.39 is 21.8 Å². The van der Waals surface area contributed by atoms with Crippen LogP contribution in [-0.4, -0.2) is 48.4 Å². The predicted octanol–water partition coefficient (Wildman–Crippen LogP) is 4.17. The zero-order valence-electron chi connectivity index (χ0n) is 19.7. The van der Waals surface area contributed by atoms with Gasteiger partial charge < -0.3 is 4.74 Å². The second-order valence-corrected chi connectivity index (χ2v) is 11.1. The highest BCUT2D eigenvalue weighted by Crippen LogP contribution is 2.35. The zero-order chi connectivity index (χ0) is 26.0. The number of hydrogen-bond acceptors (Lipinski definition) is 8. The van der Waals surface area contributed by atoms with Crippen LogP contribution in [0.15, 0.2) is 83.8 Å². The second kappa shape index (κ2) is 10.1. The molecule has 0 unspecified atom stereocenters. The number of aromatic nitrogens is 2. The van der Waals surface area contributed by atoms with Crippen molar-refractivity contribution in [3.05, 3.63) is 90.0 Å². The molecule has 0 saturated carbocycles. The summed E-state index contributed by atoms with van der Waals surface area (Å²) in [6.45, 7) is 0.0117. The number of sulfonamides is 1. The molecule has 11 heteroatoms. The van der Waals surface area contributed by atoms with Gasteiger partial charge in [-0.3, -0.25) is 14.9 Å². The number of anilines is 1. The lowest BCUT2D eigenvalue weighted by Crippen LogP contribution is -2.32. The van der Waals surface area contributed by atoms with E-state index in [0.29, 0.717) is 5.01 Å². The molecule has 0 radical (unpaired) electrons. The highest BCUT2D eigenvalue weighted by molar-refractivity contribution is 7.89. The quantitative estimate of drug-likeness (QED) is 0.378. The fourth-order valence-corrected chi connectivity index (χ4v) is 6.52. The molecule has 1 atom stereocenters. The molecular weight excluding hydrogens is 512 g/mol. The van der Waals surface area contributed by atoms with Crippen LogP contribution >= 0.6 is 11.3 Å². The molecule has 188 valence electrons. The van der Waals surface area contributed by atoms with E-state index in [2.05, 4.69) is 15.5 Å². The minimum Gasteiger partial charge on any atom is -0.495 e. The lowest BCUT2D eigenvalue weighted by Gasteiger charge is -2.19. The van der Waals surface area contributed by atoms with Crippen molar-refractivity contribution in [2.45, 2.75) is 17.2 Å². The number of nitrogens with zero attached hydrogens (tertiary/aromatic N) is 3. The van der Waals surface area contributed by atoms with Crippen LogP contribution in [0.25, 0.3) is 10.6 Å². The Morgan fingerprint density at radius 1 is 1.03 bits per heavy atom.